The van der Waals surface area contributed by atoms with Crippen molar-refractivity contribution in [2.45, 2.75) is 24.2 Å². The third-order valence-electron chi connectivity index (χ3n) is 6.37. The lowest BCUT2D eigenvalue weighted by atomic mass is 10.2. The number of thioether (sulfide) groups is 1. The van der Waals surface area contributed by atoms with Crippen LogP contribution < -0.4 is 10.2 Å². The van der Waals surface area contributed by atoms with Crippen LogP contribution in [0.2, 0.25) is 0 Å². The van der Waals surface area contributed by atoms with Crippen molar-refractivity contribution in [1.29, 1.82) is 0 Å². The van der Waals surface area contributed by atoms with Gasteiger partial charge in [0.15, 0.2) is 0 Å². The number of amides is 2. The molecule has 2 aliphatic heterocycles. The van der Waals surface area contributed by atoms with Crippen LogP contribution in [0.15, 0.2) is 59.5 Å². The highest BCUT2D eigenvalue weighted by molar-refractivity contribution is 8.00. The lowest BCUT2D eigenvalue weighted by Gasteiger charge is -2.36. The molecule has 0 spiro atoms. The zero-order valence-corrected chi connectivity index (χ0v) is 20.1. The molecule has 0 atom stereocenters. The fourth-order valence-corrected chi connectivity index (χ4v) is 5.40. The average molecular weight is 467 g/mol. The molecule has 0 radical (unpaired) electrons. The fourth-order valence-electron chi connectivity index (χ4n) is 4.45. The standard InChI is InChI=1S/C26H34N4O2S/c31-25(30-15-6-7-16-30)21-33-24-12-5-4-11-23(24)26(32)27-13-8-14-28-17-19-29(20-18-28)22-9-2-1-3-10-22/h1-5,9-12H,6-8,13-21H2,(H,27,32). The largest absolute Gasteiger partial charge is 0.369 e. The van der Waals surface area contributed by atoms with Crippen molar-refractivity contribution in [1.82, 2.24) is 15.1 Å². The number of anilines is 1. The van der Waals surface area contributed by atoms with Crippen molar-refractivity contribution in [2.24, 2.45) is 0 Å². The zero-order chi connectivity index (χ0) is 22.9. The van der Waals surface area contributed by atoms with Crippen molar-refractivity contribution in [2.75, 3.05) is 63.0 Å². The maximum absolute atomic E-state index is 12.8. The minimum atomic E-state index is -0.0550. The van der Waals surface area contributed by atoms with Gasteiger partial charge >= 0.3 is 0 Å². The SMILES string of the molecule is O=C(NCCCN1CCN(c2ccccc2)CC1)c1ccccc1SCC(=O)N1CCCC1. The number of piperazine rings is 1. The quantitative estimate of drug-likeness (QED) is 0.454. The van der Waals surface area contributed by atoms with Gasteiger partial charge in [-0.15, -0.1) is 11.8 Å². The summed E-state index contributed by atoms with van der Waals surface area (Å²) in [6, 6.07) is 18.2. The molecule has 6 nitrogen and oxygen atoms in total. The van der Waals surface area contributed by atoms with Crippen molar-refractivity contribution in [3.63, 3.8) is 0 Å². The van der Waals surface area contributed by atoms with Gasteiger partial charge < -0.3 is 15.1 Å². The topological polar surface area (TPSA) is 55.9 Å². The van der Waals surface area contributed by atoms with Crippen LogP contribution in [0.25, 0.3) is 0 Å². The summed E-state index contributed by atoms with van der Waals surface area (Å²) in [5.41, 5.74) is 1.95. The van der Waals surface area contributed by atoms with Crippen LogP contribution in [0.1, 0.15) is 29.6 Å². The number of hydrogen-bond acceptors (Lipinski definition) is 5. The van der Waals surface area contributed by atoms with Gasteiger partial charge in [-0.05, 0) is 50.1 Å². The molecule has 2 fully saturated rings. The van der Waals surface area contributed by atoms with Crippen LogP contribution in [0, 0.1) is 0 Å². The number of rotatable bonds is 9. The van der Waals surface area contributed by atoms with E-state index in [4.69, 9.17) is 0 Å². The predicted molar refractivity (Wildman–Crippen MR) is 135 cm³/mol. The molecule has 0 bridgehead atoms. The van der Waals surface area contributed by atoms with Crippen LogP contribution in [0.4, 0.5) is 5.69 Å². The summed E-state index contributed by atoms with van der Waals surface area (Å²) in [7, 11) is 0. The van der Waals surface area contributed by atoms with Crippen LogP contribution in [-0.4, -0.2) is 79.7 Å². The summed E-state index contributed by atoms with van der Waals surface area (Å²) in [6.45, 7) is 7.55. The van der Waals surface area contributed by atoms with E-state index in [0.29, 0.717) is 17.9 Å². The monoisotopic (exact) mass is 466 g/mol. The highest BCUT2D eigenvalue weighted by Crippen LogP contribution is 2.24. The highest BCUT2D eigenvalue weighted by atomic mass is 32.2. The molecule has 0 aromatic heterocycles. The molecule has 0 saturated carbocycles. The van der Waals surface area contributed by atoms with E-state index in [1.165, 1.54) is 17.4 Å². The first kappa shape index (κ1) is 23.6. The minimum absolute atomic E-state index is 0.0550. The second kappa shape index (κ2) is 12.1. The van der Waals surface area contributed by atoms with Gasteiger partial charge in [-0.3, -0.25) is 14.5 Å². The number of nitrogens with one attached hydrogen (secondary N) is 1. The summed E-state index contributed by atoms with van der Waals surface area (Å²) < 4.78 is 0. The minimum Gasteiger partial charge on any atom is -0.369 e. The number of benzene rings is 2. The Morgan fingerprint density at radius 2 is 1.55 bits per heavy atom. The van der Waals surface area contributed by atoms with Gasteiger partial charge in [-0.1, -0.05) is 30.3 Å². The molecule has 2 heterocycles. The molecule has 2 aliphatic rings. The molecule has 2 aromatic rings. The molecule has 2 saturated heterocycles. The first-order valence-corrected chi connectivity index (χ1v) is 13.0. The second-order valence-corrected chi connectivity index (χ2v) is 9.66. The van der Waals surface area contributed by atoms with Gasteiger partial charge in [0.1, 0.15) is 0 Å². The third-order valence-corrected chi connectivity index (χ3v) is 7.43. The molecular weight excluding hydrogens is 432 g/mol. The van der Waals surface area contributed by atoms with E-state index in [-0.39, 0.29) is 11.8 Å². The van der Waals surface area contributed by atoms with E-state index in [1.807, 2.05) is 29.2 Å². The lowest BCUT2D eigenvalue weighted by Crippen LogP contribution is -2.47. The summed E-state index contributed by atoms with van der Waals surface area (Å²) in [6.07, 6.45) is 3.12. The molecule has 2 aromatic carbocycles. The second-order valence-electron chi connectivity index (χ2n) is 8.65. The molecule has 33 heavy (non-hydrogen) atoms. The average Bonchev–Trinajstić information content (AvgIpc) is 3.41. The maximum Gasteiger partial charge on any atom is 0.252 e. The lowest BCUT2D eigenvalue weighted by molar-refractivity contribution is -0.127. The Morgan fingerprint density at radius 3 is 2.30 bits per heavy atom. The number of carbonyl (C=O) groups is 2. The summed E-state index contributed by atoms with van der Waals surface area (Å²) in [5, 5.41) is 3.07. The first-order valence-electron chi connectivity index (χ1n) is 12.0. The number of likely N-dealkylation sites (tertiary alicyclic amines) is 1. The van der Waals surface area contributed by atoms with Crippen LogP contribution in [0.5, 0.6) is 0 Å². The molecule has 0 aliphatic carbocycles. The Hall–Kier alpha value is -2.51. The van der Waals surface area contributed by atoms with Crippen LogP contribution >= 0.6 is 11.8 Å². The molecule has 1 N–H and O–H groups in total. The van der Waals surface area contributed by atoms with E-state index in [0.717, 1.165) is 70.0 Å². The molecule has 7 heteroatoms. The van der Waals surface area contributed by atoms with Crippen molar-refractivity contribution in [3.8, 4) is 0 Å². The first-order chi connectivity index (χ1) is 16.2. The summed E-state index contributed by atoms with van der Waals surface area (Å²) in [4.78, 5) is 32.8. The van der Waals surface area contributed by atoms with E-state index >= 15 is 0 Å². The molecular formula is C26H34N4O2S. The van der Waals surface area contributed by atoms with Crippen LogP contribution in [-0.2, 0) is 4.79 Å². The van der Waals surface area contributed by atoms with Crippen molar-refractivity contribution < 1.29 is 9.59 Å². The maximum atomic E-state index is 12.8. The Morgan fingerprint density at radius 1 is 0.848 bits per heavy atom. The summed E-state index contributed by atoms with van der Waals surface area (Å²) >= 11 is 1.47. The van der Waals surface area contributed by atoms with E-state index in [2.05, 4.69) is 45.4 Å². The van der Waals surface area contributed by atoms with Gasteiger partial charge in [0.05, 0.1) is 11.3 Å². The van der Waals surface area contributed by atoms with Crippen molar-refractivity contribution >= 4 is 29.3 Å². The van der Waals surface area contributed by atoms with Gasteiger partial charge in [-0.2, -0.15) is 0 Å². The van der Waals surface area contributed by atoms with E-state index < -0.39 is 0 Å². The van der Waals surface area contributed by atoms with Gasteiger partial charge in [0.2, 0.25) is 5.91 Å². The number of para-hydroxylation sites is 1. The molecule has 176 valence electrons. The van der Waals surface area contributed by atoms with E-state index in [1.54, 1.807) is 0 Å². The Balaban J connectivity index is 1.17. The predicted octanol–water partition coefficient (Wildman–Crippen LogP) is 3.34. The van der Waals surface area contributed by atoms with Crippen molar-refractivity contribution in [3.05, 3.63) is 60.2 Å². The van der Waals surface area contributed by atoms with Gasteiger partial charge in [0.25, 0.3) is 5.91 Å². The molecule has 4 rings (SSSR count). The third kappa shape index (κ3) is 6.74. The number of hydrogen-bond donors (Lipinski definition) is 1. The zero-order valence-electron chi connectivity index (χ0n) is 19.2. The Bertz CT molecular complexity index is 910. The highest BCUT2D eigenvalue weighted by Gasteiger charge is 2.20. The Labute approximate surface area is 201 Å². The molecule has 0 unspecified atom stereocenters. The summed E-state index contributed by atoms with van der Waals surface area (Å²) in [5.74, 6) is 0.500. The molecule has 2 amide bonds. The fraction of sp³-hybridized carbons (Fsp3) is 0.462. The van der Waals surface area contributed by atoms with Gasteiger partial charge in [-0.25, -0.2) is 0 Å². The van der Waals surface area contributed by atoms with E-state index in [9.17, 15) is 9.59 Å². The number of carbonyl (C=O) groups excluding carboxylic acids is 2. The van der Waals surface area contributed by atoms with Crippen LogP contribution in [0.3, 0.4) is 0 Å². The Kier molecular flexibility index (Phi) is 8.66. The number of nitrogens with zero attached hydrogens (tertiary/aromatic N) is 3. The van der Waals surface area contributed by atoms with Gasteiger partial charge in [0, 0.05) is 56.4 Å². The smallest absolute Gasteiger partial charge is 0.252 e. The normalized spacial score (nSPS) is 16.7.